The summed E-state index contributed by atoms with van der Waals surface area (Å²) in [5.74, 6) is 0. The number of thiazole rings is 1. The fourth-order valence-electron chi connectivity index (χ4n) is 3.26. The molecule has 0 N–H and O–H groups in total. The second kappa shape index (κ2) is 8.41. The summed E-state index contributed by atoms with van der Waals surface area (Å²) < 4.78 is 2.36. The van der Waals surface area contributed by atoms with Gasteiger partial charge in [0.15, 0.2) is 4.80 Å². The molecule has 3 aromatic carbocycles. The van der Waals surface area contributed by atoms with Gasteiger partial charge in [-0.2, -0.15) is 0 Å². The Morgan fingerprint density at radius 1 is 0.821 bits per heavy atom. The minimum absolute atomic E-state index is 0.904. The summed E-state index contributed by atoms with van der Waals surface area (Å²) in [5, 5.41) is 2.23. The Morgan fingerprint density at radius 3 is 2.25 bits per heavy atom. The van der Waals surface area contributed by atoms with Crippen molar-refractivity contribution in [2.24, 2.45) is 4.99 Å². The van der Waals surface area contributed by atoms with Gasteiger partial charge in [0.25, 0.3) is 0 Å². The van der Waals surface area contributed by atoms with Crippen molar-refractivity contribution in [1.29, 1.82) is 0 Å². The van der Waals surface area contributed by atoms with Gasteiger partial charge in [0.2, 0.25) is 0 Å². The van der Waals surface area contributed by atoms with E-state index in [1.54, 1.807) is 11.3 Å². The third-order valence-corrected chi connectivity index (χ3v) is 5.91. The molecule has 4 aromatic rings. The SMILES string of the molecule is Cc1ccc(-c2csc(=Nc3ccccc3)n2CCc2ccccc2)cc1C. The number of nitrogens with zero attached hydrogens (tertiary/aromatic N) is 2. The maximum Gasteiger partial charge on any atom is 0.190 e. The fourth-order valence-corrected chi connectivity index (χ4v) is 4.22. The van der Waals surface area contributed by atoms with Crippen LogP contribution < -0.4 is 4.80 Å². The lowest BCUT2D eigenvalue weighted by atomic mass is 10.0. The second-order valence-corrected chi connectivity index (χ2v) is 7.87. The van der Waals surface area contributed by atoms with E-state index in [2.05, 4.69) is 84.5 Å². The maximum atomic E-state index is 4.92. The Morgan fingerprint density at radius 2 is 1.54 bits per heavy atom. The van der Waals surface area contributed by atoms with Crippen molar-refractivity contribution in [3.05, 3.63) is 106 Å². The van der Waals surface area contributed by atoms with Crippen molar-refractivity contribution >= 4 is 17.0 Å². The summed E-state index contributed by atoms with van der Waals surface area (Å²) in [6.45, 7) is 5.24. The molecular weight excluding hydrogens is 360 g/mol. The van der Waals surface area contributed by atoms with E-state index in [9.17, 15) is 0 Å². The Kier molecular flexibility index (Phi) is 5.54. The molecule has 0 amide bonds. The van der Waals surface area contributed by atoms with Gasteiger partial charge in [-0.25, -0.2) is 4.99 Å². The van der Waals surface area contributed by atoms with Crippen LogP contribution in [0.5, 0.6) is 0 Å². The fraction of sp³-hybridized carbons (Fsp3) is 0.160. The van der Waals surface area contributed by atoms with Crippen molar-refractivity contribution in [3.63, 3.8) is 0 Å². The normalized spacial score (nSPS) is 11.7. The summed E-state index contributed by atoms with van der Waals surface area (Å²) in [7, 11) is 0. The summed E-state index contributed by atoms with van der Waals surface area (Å²) in [6, 6.07) is 27.6. The van der Waals surface area contributed by atoms with Crippen LogP contribution >= 0.6 is 11.3 Å². The number of para-hydroxylation sites is 1. The maximum absolute atomic E-state index is 4.92. The molecule has 0 spiro atoms. The monoisotopic (exact) mass is 384 g/mol. The smallest absolute Gasteiger partial charge is 0.190 e. The summed E-state index contributed by atoms with van der Waals surface area (Å²) >= 11 is 1.71. The molecule has 0 aliphatic carbocycles. The van der Waals surface area contributed by atoms with E-state index in [4.69, 9.17) is 4.99 Å². The van der Waals surface area contributed by atoms with Crippen LogP contribution in [0.4, 0.5) is 5.69 Å². The molecule has 140 valence electrons. The van der Waals surface area contributed by atoms with Gasteiger partial charge in [0, 0.05) is 11.9 Å². The van der Waals surface area contributed by atoms with Crippen molar-refractivity contribution in [2.75, 3.05) is 0 Å². The molecule has 0 unspecified atom stereocenters. The van der Waals surface area contributed by atoms with E-state index in [0.29, 0.717) is 0 Å². The molecule has 0 aliphatic heterocycles. The number of aryl methyl sites for hydroxylation is 3. The lowest BCUT2D eigenvalue weighted by Gasteiger charge is -2.11. The molecular formula is C25H24N2S. The average Bonchev–Trinajstić information content (AvgIpc) is 3.12. The van der Waals surface area contributed by atoms with Crippen LogP contribution in [-0.2, 0) is 13.0 Å². The van der Waals surface area contributed by atoms with Crippen LogP contribution in [0.3, 0.4) is 0 Å². The Hall–Kier alpha value is -2.91. The predicted molar refractivity (Wildman–Crippen MR) is 119 cm³/mol. The highest BCUT2D eigenvalue weighted by Gasteiger charge is 2.09. The first-order chi connectivity index (χ1) is 13.7. The van der Waals surface area contributed by atoms with E-state index in [-0.39, 0.29) is 0 Å². The third-order valence-electron chi connectivity index (χ3n) is 5.05. The van der Waals surface area contributed by atoms with Gasteiger partial charge in [0.1, 0.15) is 0 Å². The number of aromatic nitrogens is 1. The molecule has 0 aliphatic rings. The largest absolute Gasteiger partial charge is 0.316 e. The van der Waals surface area contributed by atoms with Gasteiger partial charge in [0.05, 0.1) is 11.4 Å². The summed E-state index contributed by atoms with van der Waals surface area (Å²) in [6.07, 6.45) is 0.984. The molecule has 2 nitrogen and oxygen atoms in total. The molecule has 0 bridgehead atoms. The highest BCUT2D eigenvalue weighted by atomic mass is 32.1. The van der Waals surface area contributed by atoms with Crippen molar-refractivity contribution in [2.45, 2.75) is 26.8 Å². The van der Waals surface area contributed by atoms with E-state index >= 15 is 0 Å². The van der Waals surface area contributed by atoms with Gasteiger partial charge in [-0.1, -0.05) is 60.7 Å². The Balaban J connectivity index is 1.77. The zero-order valence-electron chi connectivity index (χ0n) is 16.3. The number of rotatable bonds is 5. The first-order valence-corrected chi connectivity index (χ1v) is 10.5. The first kappa shape index (κ1) is 18.5. The molecule has 3 heteroatoms. The Labute approximate surface area is 170 Å². The first-order valence-electron chi connectivity index (χ1n) is 9.60. The standard InChI is InChI=1S/C25H24N2S/c1-19-13-14-22(17-20(19)2)24-18-28-25(26-23-11-7-4-8-12-23)27(24)16-15-21-9-5-3-6-10-21/h3-14,17-18H,15-16H2,1-2H3. The average molecular weight is 385 g/mol. The molecule has 28 heavy (non-hydrogen) atoms. The Bertz CT molecular complexity index is 1120. The van der Waals surface area contributed by atoms with Crippen LogP contribution in [0.15, 0.2) is 89.2 Å². The van der Waals surface area contributed by atoms with Gasteiger partial charge >= 0.3 is 0 Å². The molecule has 4 rings (SSSR count). The number of hydrogen-bond acceptors (Lipinski definition) is 2. The van der Waals surface area contributed by atoms with Gasteiger partial charge < -0.3 is 4.57 Å². The topological polar surface area (TPSA) is 17.3 Å². The van der Waals surface area contributed by atoms with Crippen molar-refractivity contribution in [1.82, 2.24) is 4.57 Å². The summed E-state index contributed by atoms with van der Waals surface area (Å²) in [5.41, 5.74) is 7.46. The zero-order chi connectivity index (χ0) is 19.3. The van der Waals surface area contributed by atoms with Crippen molar-refractivity contribution < 1.29 is 0 Å². The molecule has 1 heterocycles. The molecule has 0 saturated carbocycles. The quantitative estimate of drug-likeness (QED) is 0.384. The van der Waals surface area contributed by atoms with E-state index < -0.39 is 0 Å². The second-order valence-electron chi connectivity index (χ2n) is 7.04. The molecule has 0 radical (unpaired) electrons. The van der Waals surface area contributed by atoms with Gasteiger partial charge in [-0.3, -0.25) is 0 Å². The van der Waals surface area contributed by atoms with Gasteiger partial charge in [-0.15, -0.1) is 11.3 Å². The van der Waals surface area contributed by atoms with E-state index in [0.717, 1.165) is 23.5 Å². The van der Waals surface area contributed by atoms with E-state index in [1.165, 1.54) is 27.9 Å². The minimum Gasteiger partial charge on any atom is -0.316 e. The molecule has 0 fully saturated rings. The van der Waals surface area contributed by atoms with E-state index in [1.807, 2.05) is 18.2 Å². The predicted octanol–water partition coefficient (Wildman–Crippen LogP) is 6.31. The third kappa shape index (κ3) is 4.15. The van der Waals surface area contributed by atoms with Crippen LogP contribution in [0, 0.1) is 13.8 Å². The van der Waals surface area contributed by atoms with Crippen LogP contribution in [0.2, 0.25) is 0 Å². The highest BCUT2D eigenvalue weighted by Crippen LogP contribution is 2.24. The lowest BCUT2D eigenvalue weighted by Crippen LogP contribution is -2.17. The van der Waals surface area contributed by atoms with Crippen molar-refractivity contribution in [3.8, 4) is 11.3 Å². The summed E-state index contributed by atoms with van der Waals surface area (Å²) in [4.78, 5) is 5.96. The number of hydrogen-bond donors (Lipinski definition) is 0. The molecule has 0 saturated heterocycles. The van der Waals surface area contributed by atoms with Crippen LogP contribution in [0.25, 0.3) is 11.3 Å². The van der Waals surface area contributed by atoms with Crippen LogP contribution in [0.1, 0.15) is 16.7 Å². The minimum atomic E-state index is 0.904. The van der Waals surface area contributed by atoms with Gasteiger partial charge in [-0.05, 0) is 60.7 Å². The highest BCUT2D eigenvalue weighted by molar-refractivity contribution is 7.07. The van der Waals surface area contributed by atoms with Crippen LogP contribution in [-0.4, -0.2) is 4.57 Å². The molecule has 1 aromatic heterocycles. The number of benzene rings is 3. The zero-order valence-corrected chi connectivity index (χ0v) is 17.1. The lowest BCUT2D eigenvalue weighted by molar-refractivity contribution is 0.684. The molecule has 0 atom stereocenters.